The number of aromatic nitrogens is 1. The van der Waals surface area contributed by atoms with Crippen molar-refractivity contribution in [3.05, 3.63) is 83.7 Å². The average Bonchev–Trinajstić information content (AvgIpc) is 3.31. The fourth-order valence-electron chi connectivity index (χ4n) is 4.90. The van der Waals surface area contributed by atoms with E-state index >= 15 is 0 Å². The Balaban J connectivity index is 1.41. The number of nitrogens with zero attached hydrogens (tertiary/aromatic N) is 2. The normalized spacial score (nSPS) is 15.4. The summed E-state index contributed by atoms with van der Waals surface area (Å²) in [5, 5.41) is 10.9. The first-order chi connectivity index (χ1) is 16.6. The first-order valence-corrected chi connectivity index (χ1v) is 12.5. The third kappa shape index (κ3) is 6.64. The molecule has 34 heavy (non-hydrogen) atoms. The largest absolute Gasteiger partial charge is 0.497 e. The molecule has 5 nitrogen and oxygen atoms in total. The summed E-state index contributed by atoms with van der Waals surface area (Å²) in [6.07, 6.45) is 7.87. The van der Waals surface area contributed by atoms with Crippen LogP contribution in [0, 0.1) is 6.92 Å². The zero-order valence-electron chi connectivity index (χ0n) is 20.5. The predicted molar refractivity (Wildman–Crippen MR) is 136 cm³/mol. The van der Waals surface area contributed by atoms with Gasteiger partial charge in [0.05, 0.1) is 7.11 Å². The van der Waals surface area contributed by atoms with Crippen LogP contribution >= 0.6 is 0 Å². The van der Waals surface area contributed by atoms with Gasteiger partial charge in [-0.05, 0) is 67.3 Å². The van der Waals surface area contributed by atoms with Crippen molar-refractivity contribution in [1.82, 2.24) is 9.47 Å². The van der Waals surface area contributed by atoms with E-state index in [0.29, 0.717) is 12.6 Å². The van der Waals surface area contributed by atoms with Crippen LogP contribution in [0.3, 0.4) is 0 Å². The number of aliphatic hydroxyl groups is 1. The fraction of sp³-hybridized carbons (Fsp3) is 0.448. The highest BCUT2D eigenvalue weighted by Crippen LogP contribution is 2.25. The molecular weight excluding hydrogens is 424 g/mol. The van der Waals surface area contributed by atoms with Gasteiger partial charge in [-0.25, -0.2) is 0 Å². The molecule has 0 spiro atoms. The van der Waals surface area contributed by atoms with Gasteiger partial charge < -0.3 is 19.1 Å². The van der Waals surface area contributed by atoms with Gasteiger partial charge in [-0.3, -0.25) is 4.90 Å². The molecule has 1 atom stereocenters. The lowest BCUT2D eigenvalue weighted by Crippen LogP contribution is -2.43. The van der Waals surface area contributed by atoms with Crippen molar-refractivity contribution in [2.75, 3.05) is 20.3 Å². The number of aryl methyl sites for hydroxylation is 1. The van der Waals surface area contributed by atoms with Gasteiger partial charge in [0.15, 0.2) is 0 Å². The minimum atomic E-state index is -0.552. The van der Waals surface area contributed by atoms with Crippen LogP contribution in [-0.2, 0) is 13.1 Å². The Kier molecular flexibility index (Phi) is 8.67. The first kappa shape index (κ1) is 24.4. The Hall–Kier alpha value is -2.76. The SMILES string of the molecule is COc1ccc(OC[C@@H](O)CN(Cc2cccn2Cc2ccccc2C)C2CCCCC2)cc1. The molecule has 1 aliphatic carbocycles. The van der Waals surface area contributed by atoms with E-state index in [4.69, 9.17) is 9.47 Å². The molecule has 0 radical (unpaired) electrons. The van der Waals surface area contributed by atoms with E-state index in [1.54, 1.807) is 7.11 Å². The summed E-state index contributed by atoms with van der Waals surface area (Å²) >= 11 is 0. The lowest BCUT2D eigenvalue weighted by molar-refractivity contribution is 0.0388. The Morgan fingerprint density at radius 1 is 0.971 bits per heavy atom. The van der Waals surface area contributed by atoms with E-state index in [0.717, 1.165) is 24.6 Å². The third-order valence-electron chi connectivity index (χ3n) is 6.93. The monoisotopic (exact) mass is 462 g/mol. The van der Waals surface area contributed by atoms with Crippen LogP contribution in [0.1, 0.15) is 48.9 Å². The molecule has 4 rings (SSSR count). The zero-order valence-corrected chi connectivity index (χ0v) is 20.5. The second kappa shape index (κ2) is 12.1. The lowest BCUT2D eigenvalue weighted by atomic mass is 9.94. The molecule has 0 unspecified atom stereocenters. The topological polar surface area (TPSA) is 46.9 Å². The van der Waals surface area contributed by atoms with Crippen LogP contribution in [0.4, 0.5) is 0 Å². The summed E-state index contributed by atoms with van der Waals surface area (Å²) in [7, 11) is 1.65. The maximum atomic E-state index is 10.9. The number of methoxy groups -OCH3 is 1. The Labute approximate surface area is 203 Å². The highest BCUT2D eigenvalue weighted by atomic mass is 16.5. The Morgan fingerprint density at radius 2 is 1.71 bits per heavy atom. The van der Waals surface area contributed by atoms with Gasteiger partial charge in [-0.1, -0.05) is 43.5 Å². The standard InChI is InChI=1S/C29H38N2O3/c1-23-9-6-7-10-24(23)19-30-18-8-13-26(30)20-31(25-11-4-3-5-12-25)21-27(32)22-34-29-16-14-28(33-2)15-17-29/h6-10,13-18,25,27,32H,3-5,11-12,19-22H2,1-2H3/t27-/m0/s1. The summed E-state index contributed by atoms with van der Waals surface area (Å²) in [5.74, 6) is 1.54. The summed E-state index contributed by atoms with van der Waals surface area (Å²) in [6.45, 7) is 4.77. The van der Waals surface area contributed by atoms with E-state index in [-0.39, 0.29) is 6.61 Å². The first-order valence-electron chi connectivity index (χ1n) is 12.5. The number of hydrogen-bond acceptors (Lipinski definition) is 4. The fourth-order valence-corrected chi connectivity index (χ4v) is 4.90. The molecule has 182 valence electrons. The molecule has 1 N–H and O–H groups in total. The van der Waals surface area contributed by atoms with Crippen LogP contribution in [0.5, 0.6) is 11.5 Å². The van der Waals surface area contributed by atoms with Crippen molar-refractivity contribution in [3.63, 3.8) is 0 Å². The zero-order chi connectivity index (χ0) is 23.8. The van der Waals surface area contributed by atoms with Crippen LogP contribution < -0.4 is 9.47 Å². The van der Waals surface area contributed by atoms with Gasteiger partial charge in [-0.15, -0.1) is 0 Å². The molecule has 1 saturated carbocycles. The third-order valence-corrected chi connectivity index (χ3v) is 6.93. The molecule has 5 heteroatoms. The van der Waals surface area contributed by atoms with Crippen LogP contribution in [0.15, 0.2) is 66.9 Å². The summed E-state index contributed by atoms with van der Waals surface area (Å²) in [5.41, 5.74) is 3.95. The van der Waals surface area contributed by atoms with Gasteiger partial charge in [0, 0.05) is 37.6 Å². The maximum absolute atomic E-state index is 10.9. The summed E-state index contributed by atoms with van der Waals surface area (Å²) < 4.78 is 13.4. The molecular formula is C29H38N2O3. The molecule has 3 aromatic rings. The van der Waals surface area contributed by atoms with Crippen molar-refractivity contribution >= 4 is 0 Å². The number of ether oxygens (including phenoxy) is 2. The molecule has 1 heterocycles. The number of hydrogen-bond donors (Lipinski definition) is 1. The predicted octanol–water partition coefficient (Wildman–Crippen LogP) is 5.43. The van der Waals surface area contributed by atoms with Gasteiger partial charge in [-0.2, -0.15) is 0 Å². The van der Waals surface area contributed by atoms with Gasteiger partial charge in [0.2, 0.25) is 0 Å². The Morgan fingerprint density at radius 3 is 2.44 bits per heavy atom. The van der Waals surface area contributed by atoms with E-state index in [1.165, 1.54) is 48.9 Å². The van der Waals surface area contributed by atoms with Crippen molar-refractivity contribution in [2.45, 2.75) is 64.3 Å². The molecule has 1 fully saturated rings. The maximum Gasteiger partial charge on any atom is 0.119 e. The molecule has 1 aromatic heterocycles. The number of benzene rings is 2. The average molecular weight is 463 g/mol. The van der Waals surface area contributed by atoms with Gasteiger partial charge in [0.25, 0.3) is 0 Å². The smallest absolute Gasteiger partial charge is 0.119 e. The van der Waals surface area contributed by atoms with Crippen molar-refractivity contribution < 1.29 is 14.6 Å². The van der Waals surface area contributed by atoms with Gasteiger partial charge >= 0.3 is 0 Å². The van der Waals surface area contributed by atoms with E-state index in [2.05, 4.69) is 59.0 Å². The number of aliphatic hydroxyl groups excluding tert-OH is 1. The molecule has 0 amide bonds. The second-order valence-corrected chi connectivity index (χ2v) is 9.42. The molecule has 0 bridgehead atoms. The summed E-state index contributed by atoms with van der Waals surface area (Å²) in [6, 6.07) is 20.9. The number of rotatable bonds is 11. The van der Waals surface area contributed by atoms with Gasteiger partial charge in [0.1, 0.15) is 24.2 Å². The van der Waals surface area contributed by atoms with Crippen LogP contribution in [0.2, 0.25) is 0 Å². The van der Waals surface area contributed by atoms with E-state index in [9.17, 15) is 5.11 Å². The highest BCUT2D eigenvalue weighted by molar-refractivity contribution is 5.31. The quantitative estimate of drug-likeness (QED) is 0.413. The Bertz CT molecular complexity index is 1010. The van der Waals surface area contributed by atoms with Crippen LogP contribution in [0.25, 0.3) is 0 Å². The minimum Gasteiger partial charge on any atom is -0.497 e. The molecule has 0 saturated heterocycles. The van der Waals surface area contributed by atoms with E-state index in [1.807, 2.05) is 24.3 Å². The minimum absolute atomic E-state index is 0.278. The highest BCUT2D eigenvalue weighted by Gasteiger charge is 2.24. The second-order valence-electron chi connectivity index (χ2n) is 9.42. The van der Waals surface area contributed by atoms with E-state index < -0.39 is 6.10 Å². The van der Waals surface area contributed by atoms with Crippen molar-refractivity contribution in [1.29, 1.82) is 0 Å². The molecule has 0 aliphatic heterocycles. The molecule has 1 aliphatic rings. The van der Waals surface area contributed by atoms with Crippen LogP contribution in [-0.4, -0.2) is 47.0 Å². The van der Waals surface area contributed by atoms with Crippen molar-refractivity contribution in [2.24, 2.45) is 0 Å². The summed E-state index contributed by atoms with van der Waals surface area (Å²) in [4.78, 5) is 2.48. The lowest BCUT2D eigenvalue weighted by Gasteiger charge is -2.35. The van der Waals surface area contributed by atoms with Crippen molar-refractivity contribution in [3.8, 4) is 11.5 Å². The molecule has 2 aromatic carbocycles.